The summed E-state index contributed by atoms with van der Waals surface area (Å²) in [7, 11) is -2.81. The van der Waals surface area contributed by atoms with Crippen LogP contribution in [0.1, 0.15) is 19.4 Å². The first-order valence-corrected chi connectivity index (χ1v) is 11.1. The van der Waals surface area contributed by atoms with Gasteiger partial charge in [0, 0.05) is 33.9 Å². The second-order valence-electron chi connectivity index (χ2n) is 7.64. The summed E-state index contributed by atoms with van der Waals surface area (Å²) in [5.74, 6) is -0.0783. The molecule has 4 aromatic rings. The number of benzene rings is 2. The molecule has 0 amide bonds. The van der Waals surface area contributed by atoms with Crippen molar-refractivity contribution >= 4 is 20.8 Å². The van der Waals surface area contributed by atoms with E-state index in [0.717, 1.165) is 0 Å². The summed E-state index contributed by atoms with van der Waals surface area (Å²) in [5.41, 5.74) is 0.838. The molecule has 0 aliphatic rings. The molecule has 30 heavy (non-hydrogen) atoms. The lowest BCUT2D eigenvalue weighted by atomic mass is 9.94. The van der Waals surface area contributed by atoms with E-state index in [0.29, 0.717) is 27.3 Å². The van der Waals surface area contributed by atoms with Gasteiger partial charge < -0.3 is 9.52 Å². The molecule has 2 N–H and O–H groups in total. The van der Waals surface area contributed by atoms with Crippen molar-refractivity contribution in [3.63, 3.8) is 0 Å². The van der Waals surface area contributed by atoms with Crippen LogP contribution >= 0.6 is 0 Å². The lowest BCUT2D eigenvalue weighted by molar-refractivity contribution is 0.0746. The SMILES string of the molecule is CC(C)(O)c1cccc(-c2ncnc3cc(-c4ccc([S@](C)(=N)=O)cc4)oc23)c1F. The topological polar surface area (TPSA) is 100 Å². The Morgan fingerprint density at radius 1 is 1.13 bits per heavy atom. The van der Waals surface area contributed by atoms with Crippen LogP contribution in [-0.2, 0) is 15.3 Å². The zero-order chi connectivity index (χ0) is 21.7. The molecule has 2 aromatic heterocycles. The average Bonchev–Trinajstić information content (AvgIpc) is 3.11. The Bertz CT molecular complexity index is 1350. The van der Waals surface area contributed by atoms with Crippen LogP contribution < -0.4 is 0 Å². The van der Waals surface area contributed by atoms with Gasteiger partial charge in [0.05, 0.1) is 15.3 Å². The van der Waals surface area contributed by atoms with Crippen LogP contribution in [0.25, 0.3) is 33.7 Å². The Morgan fingerprint density at radius 2 is 1.83 bits per heavy atom. The highest BCUT2D eigenvalue weighted by molar-refractivity contribution is 7.91. The quantitative estimate of drug-likeness (QED) is 0.481. The maximum absolute atomic E-state index is 15.2. The van der Waals surface area contributed by atoms with Gasteiger partial charge >= 0.3 is 0 Å². The molecule has 0 saturated carbocycles. The van der Waals surface area contributed by atoms with Crippen molar-refractivity contribution in [1.29, 1.82) is 4.78 Å². The number of nitrogens with one attached hydrogen (secondary N) is 1. The van der Waals surface area contributed by atoms with Gasteiger partial charge in [-0.25, -0.2) is 23.3 Å². The van der Waals surface area contributed by atoms with Crippen LogP contribution in [0.15, 0.2) is 64.2 Å². The van der Waals surface area contributed by atoms with Crippen LogP contribution in [0.3, 0.4) is 0 Å². The first-order valence-electron chi connectivity index (χ1n) is 9.16. The van der Waals surface area contributed by atoms with Crippen molar-refractivity contribution in [2.24, 2.45) is 0 Å². The van der Waals surface area contributed by atoms with Gasteiger partial charge in [-0.2, -0.15) is 0 Å². The molecule has 1 atom stereocenters. The summed E-state index contributed by atoms with van der Waals surface area (Å²) in [6, 6.07) is 13.2. The molecule has 2 heterocycles. The molecule has 0 radical (unpaired) electrons. The highest BCUT2D eigenvalue weighted by Crippen LogP contribution is 2.35. The smallest absolute Gasteiger partial charge is 0.179 e. The van der Waals surface area contributed by atoms with Gasteiger partial charge in [0.15, 0.2) is 5.58 Å². The third-order valence-electron chi connectivity index (χ3n) is 4.81. The van der Waals surface area contributed by atoms with Crippen molar-refractivity contribution in [3.05, 3.63) is 66.2 Å². The molecule has 8 heteroatoms. The Kier molecular flexibility index (Phi) is 4.71. The van der Waals surface area contributed by atoms with Crippen molar-refractivity contribution in [1.82, 2.24) is 9.97 Å². The third kappa shape index (κ3) is 3.59. The van der Waals surface area contributed by atoms with Gasteiger partial charge in [-0.05, 0) is 32.0 Å². The Hall–Kier alpha value is -3.10. The second kappa shape index (κ2) is 7.00. The molecule has 0 unspecified atom stereocenters. The molecule has 2 aromatic carbocycles. The molecule has 0 aliphatic carbocycles. The van der Waals surface area contributed by atoms with Gasteiger partial charge in [0.1, 0.15) is 29.1 Å². The Labute approximate surface area is 173 Å². The fourth-order valence-corrected chi connectivity index (χ4v) is 3.91. The zero-order valence-corrected chi connectivity index (χ0v) is 17.5. The summed E-state index contributed by atoms with van der Waals surface area (Å²) in [6.45, 7) is 3.04. The summed E-state index contributed by atoms with van der Waals surface area (Å²) >= 11 is 0. The van der Waals surface area contributed by atoms with E-state index in [-0.39, 0.29) is 16.8 Å². The molecule has 0 fully saturated rings. The highest BCUT2D eigenvalue weighted by Gasteiger charge is 2.25. The van der Waals surface area contributed by atoms with Gasteiger partial charge in [-0.1, -0.05) is 24.3 Å². The number of fused-ring (bicyclic) bond motifs is 1. The standard InChI is InChI=1S/C22H20FN3O3S/c1-22(2,27)16-6-4-5-15(19(16)23)20-21-17(25-12-26-20)11-18(29-21)13-7-9-14(10-8-13)30(3,24)28/h4-12,24,27H,1-3H3/t30-/m1/s1. The van der Waals surface area contributed by atoms with Gasteiger partial charge in [-0.15, -0.1) is 0 Å². The van der Waals surface area contributed by atoms with Gasteiger partial charge in [0.2, 0.25) is 0 Å². The lowest BCUT2D eigenvalue weighted by Gasteiger charge is -2.19. The summed E-state index contributed by atoms with van der Waals surface area (Å²) < 4.78 is 40.7. The number of aromatic nitrogens is 2. The monoisotopic (exact) mass is 425 g/mol. The minimum Gasteiger partial charge on any atom is -0.452 e. The van der Waals surface area contributed by atoms with Crippen molar-refractivity contribution in [3.8, 4) is 22.6 Å². The molecule has 0 bridgehead atoms. The molecular formula is C22H20FN3O3S. The molecule has 154 valence electrons. The number of rotatable bonds is 4. The van der Waals surface area contributed by atoms with E-state index in [4.69, 9.17) is 9.20 Å². The van der Waals surface area contributed by atoms with Crippen LogP contribution in [-0.4, -0.2) is 25.5 Å². The second-order valence-corrected chi connectivity index (χ2v) is 9.80. The van der Waals surface area contributed by atoms with Crippen LogP contribution in [0.4, 0.5) is 4.39 Å². The maximum atomic E-state index is 15.2. The molecule has 6 nitrogen and oxygen atoms in total. The summed E-state index contributed by atoms with van der Waals surface area (Å²) in [4.78, 5) is 8.87. The Morgan fingerprint density at radius 3 is 2.47 bits per heavy atom. The highest BCUT2D eigenvalue weighted by atomic mass is 32.2. The minimum atomic E-state index is -2.81. The fraction of sp³-hybridized carbons (Fsp3) is 0.182. The number of halogens is 1. The van der Waals surface area contributed by atoms with Crippen molar-refractivity contribution in [2.45, 2.75) is 24.3 Å². The largest absolute Gasteiger partial charge is 0.452 e. The third-order valence-corrected chi connectivity index (χ3v) is 5.98. The Balaban J connectivity index is 1.85. The van der Waals surface area contributed by atoms with E-state index in [9.17, 15) is 9.32 Å². The van der Waals surface area contributed by atoms with E-state index in [2.05, 4.69) is 9.97 Å². The van der Waals surface area contributed by atoms with E-state index in [1.165, 1.54) is 32.5 Å². The van der Waals surface area contributed by atoms with Crippen LogP contribution in [0.2, 0.25) is 0 Å². The van der Waals surface area contributed by atoms with Crippen LogP contribution in [0, 0.1) is 10.6 Å². The molecule has 4 rings (SSSR count). The normalized spacial score (nSPS) is 14.0. The summed E-state index contributed by atoms with van der Waals surface area (Å²) in [5, 5.41) is 10.3. The molecule has 0 aliphatic heterocycles. The number of nitrogens with zero attached hydrogens (tertiary/aromatic N) is 2. The minimum absolute atomic E-state index is 0.160. The number of hydrogen-bond acceptors (Lipinski definition) is 6. The zero-order valence-electron chi connectivity index (χ0n) is 16.6. The average molecular weight is 425 g/mol. The predicted molar refractivity (Wildman–Crippen MR) is 113 cm³/mol. The maximum Gasteiger partial charge on any atom is 0.179 e. The number of furan rings is 1. The van der Waals surface area contributed by atoms with E-state index in [1.54, 1.807) is 42.5 Å². The van der Waals surface area contributed by atoms with Crippen LogP contribution in [0.5, 0.6) is 0 Å². The molecular weight excluding hydrogens is 405 g/mol. The van der Waals surface area contributed by atoms with Crippen molar-refractivity contribution < 1.29 is 18.1 Å². The van der Waals surface area contributed by atoms with E-state index < -0.39 is 21.1 Å². The van der Waals surface area contributed by atoms with E-state index in [1.807, 2.05) is 0 Å². The predicted octanol–water partition coefficient (Wildman–Crippen LogP) is 4.96. The first-order chi connectivity index (χ1) is 14.1. The van der Waals surface area contributed by atoms with Crippen molar-refractivity contribution in [2.75, 3.05) is 6.26 Å². The van der Waals surface area contributed by atoms with Gasteiger partial charge in [0.25, 0.3) is 0 Å². The fourth-order valence-electron chi connectivity index (χ4n) is 3.25. The molecule has 0 spiro atoms. The van der Waals surface area contributed by atoms with E-state index >= 15 is 4.39 Å². The number of aliphatic hydroxyl groups is 1. The number of hydrogen-bond donors (Lipinski definition) is 2. The molecule has 0 saturated heterocycles. The first kappa shape index (κ1) is 20.2. The van der Waals surface area contributed by atoms with Gasteiger partial charge in [-0.3, -0.25) is 0 Å². The summed E-state index contributed by atoms with van der Waals surface area (Å²) in [6.07, 6.45) is 2.70. The lowest BCUT2D eigenvalue weighted by Crippen LogP contribution is -2.18.